The van der Waals surface area contributed by atoms with Crippen LogP contribution in [0.1, 0.15) is 23.2 Å². The maximum absolute atomic E-state index is 12.3. The molecule has 0 aliphatic rings. The minimum Gasteiger partial charge on any atom is -0.456 e. The molecule has 0 bridgehead atoms. The molecule has 96 valence electrons. The van der Waals surface area contributed by atoms with E-state index in [1.165, 1.54) is 6.07 Å². The Morgan fingerprint density at radius 2 is 2.24 bits per heavy atom. The van der Waals surface area contributed by atoms with E-state index in [-0.39, 0.29) is 12.3 Å². The number of carbonyl (C=O) groups is 1. The third-order valence-electron chi connectivity index (χ3n) is 2.22. The Balaban J connectivity index is 2.75. The highest BCUT2D eigenvalue weighted by molar-refractivity contribution is 9.09. The van der Waals surface area contributed by atoms with E-state index in [1.54, 1.807) is 6.07 Å². The molecule has 0 aliphatic heterocycles. The van der Waals surface area contributed by atoms with Gasteiger partial charge in [0.05, 0.1) is 6.54 Å². The topological polar surface area (TPSA) is 33.5 Å². The molecule has 0 N–H and O–H groups in total. The Kier molecular flexibility index (Phi) is 5.61. The fraction of sp³-hybridized carbons (Fsp3) is 0.545. The third-order valence-corrected chi connectivity index (χ3v) is 2.58. The zero-order chi connectivity index (χ0) is 12.8. The molecule has 1 heterocycles. The van der Waals surface area contributed by atoms with Crippen molar-refractivity contribution in [3.05, 3.63) is 23.7 Å². The van der Waals surface area contributed by atoms with Gasteiger partial charge in [0.25, 0.3) is 12.3 Å². The van der Waals surface area contributed by atoms with Gasteiger partial charge in [-0.2, -0.15) is 0 Å². The minimum atomic E-state index is -2.54. The zero-order valence-electron chi connectivity index (χ0n) is 9.46. The highest BCUT2D eigenvalue weighted by atomic mass is 79.9. The van der Waals surface area contributed by atoms with Crippen LogP contribution in [0.5, 0.6) is 0 Å². The lowest BCUT2D eigenvalue weighted by Gasteiger charge is -2.19. The van der Waals surface area contributed by atoms with Crippen molar-refractivity contribution < 1.29 is 18.0 Å². The molecule has 3 nitrogen and oxygen atoms in total. The third kappa shape index (κ3) is 4.11. The Bertz CT molecular complexity index is 368. The number of hydrogen-bond donors (Lipinski definition) is 0. The summed E-state index contributed by atoms with van der Waals surface area (Å²) in [7, 11) is 0. The molecular weight excluding hydrogens is 296 g/mol. The molecule has 0 spiro atoms. The van der Waals surface area contributed by atoms with Crippen LogP contribution >= 0.6 is 15.9 Å². The number of alkyl halides is 3. The number of aryl methyl sites for hydroxylation is 1. The smallest absolute Gasteiger partial charge is 0.289 e. The van der Waals surface area contributed by atoms with E-state index in [2.05, 4.69) is 15.9 Å². The van der Waals surface area contributed by atoms with E-state index < -0.39 is 18.9 Å². The molecule has 17 heavy (non-hydrogen) atoms. The molecule has 0 saturated heterocycles. The first-order chi connectivity index (χ1) is 8.08. The SMILES string of the molecule is CCc1ccc(C(=O)N(CCBr)CC(F)F)o1. The molecule has 0 fully saturated rings. The number of carbonyl (C=O) groups excluding carboxylic acids is 1. The Hall–Kier alpha value is -0.910. The van der Waals surface area contributed by atoms with Gasteiger partial charge in [0.15, 0.2) is 5.76 Å². The first-order valence-electron chi connectivity index (χ1n) is 5.30. The lowest BCUT2D eigenvalue weighted by atomic mass is 10.3. The monoisotopic (exact) mass is 309 g/mol. The largest absolute Gasteiger partial charge is 0.456 e. The van der Waals surface area contributed by atoms with Crippen LogP contribution in [0.2, 0.25) is 0 Å². The molecular formula is C11H14BrF2NO2. The predicted molar refractivity (Wildman–Crippen MR) is 63.8 cm³/mol. The van der Waals surface area contributed by atoms with Crippen LogP contribution in [-0.4, -0.2) is 35.7 Å². The van der Waals surface area contributed by atoms with Gasteiger partial charge in [-0.05, 0) is 12.1 Å². The van der Waals surface area contributed by atoms with Crippen molar-refractivity contribution in [3.63, 3.8) is 0 Å². The number of hydrogen-bond acceptors (Lipinski definition) is 2. The van der Waals surface area contributed by atoms with Crippen LogP contribution in [0.25, 0.3) is 0 Å². The average molecular weight is 310 g/mol. The lowest BCUT2D eigenvalue weighted by Crippen LogP contribution is -2.36. The fourth-order valence-electron chi connectivity index (χ4n) is 1.38. The molecule has 1 aromatic heterocycles. The van der Waals surface area contributed by atoms with E-state index in [0.717, 1.165) is 4.90 Å². The van der Waals surface area contributed by atoms with Gasteiger partial charge in [-0.1, -0.05) is 22.9 Å². The van der Waals surface area contributed by atoms with Gasteiger partial charge in [-0.25, -0.2) is 8.78 Å². The van der Waals surface area contributed by atoms with E-state index in [9.17, 15) is 13.6 Å². The highest BCUT2D eigenvalue weighted by Gasteiger charge is 2.21. The van der Waals surface area contributed by atoms with Gasteiger partial charge < -0.3 is 9.32 Å². The lowest BCUT2D eigenvalue weighted by molar-refractivity contribution is 0.0544. The normalized spacial score (nSPS) is 10.9. The van der Waals surface area contributed by atoms with Gasteiger partial charge in [0.1, 0.15) is 5.76 Å². The summed E-state index contributed by atoms with van der Waals surface area (Å²) >= 11 is 3.13. The summed E-state index contributed by atoms with van der Waals surface area (Å²) in [6.45, 7) is 1.54. The summed E-state index contributed by atoms with van der Waals surface area (Å²) in [5, 5.41) is 0.451. The van der Waals surface area contributed by atoms with E-state index in [0.29, 0.717) is 17.5 Å². The maximum Gasteiger partial charge on any atom is 0.289 e. The summed E-state index contributed by atoms with van der Waals surface area (Å²) in [5.74, 6) is 0.289. The summed E-state index contributed by atoms with van der Waals surface area (Å²) in [6, 6.07) is 3.20. The van der Waals surface area contributed by atoms with Crippen LogP contribution in [0.15, 0.2) is 16.5 Å². The molecule has 1 amide bonds. The number of furan rings is 1. The molecule has 0 radical (unpaired) electrons. The van der Waals surface area contributed by atoms with Gasteiger partial charge in [-0.15, -0.1) is 0 Å². The van der Waals surface area contributed by atoms with Gasteiger partial charge >= 0.3 is 0 Å². The van der Waals surface area contributed by atoms with Crippen molar-refractivity contribution in [1.82, 2.24) is 4.90 Å². The van der Waals surface area contributed by atoms with E-state index in [4.69, 9.17) is 4.42 Å². The van der Waals surface area contributed by atoms with Crippen molar-refractivity contribution in [2.24, 2.45) is 0 Å². The maximum atomic E-state index is 12.3. The molecule has 1 rings (SSSR count). The first kappa shape index (κ1) is 14.2. The molecule has 0 atom stereocenters. The van der Waals surface area contributed by atoms with Crippen molar-refractivity contribution in [2.45, 2.75) is 19.8 Å². The van der Waals surface area contributed by atoms with Gasteiger partial charge in [0.2, 0.25) is 0 Å². The van der Waals surface area contributed by atoms with E-state index >= 15 is 0 Å². The second-order valence-corrected chi connectivity index (χ2v) is 4.24. The Morgan fingerprint density at radius 3 is 2.71 bits per heavy atom. The van der Waals surface area contributed by atoms with Gasteiger partial charge in [-0.3, -0.25) is 4.79 Å². The van der Waals surface area contributed by atoms with Crippen molar-refractivity contribution in [2.75, 3.05) is 18.4 Å². The molecule has 6 heteroatoms. The molecule has 1 aromatic rings. The van der Waals surface area contributed by atoms with Crippen molar-refractivity contribution >= 4 is 21.8 Å². The fourth-order valence-corrected chi connectivity index (χ4v) is 1.81. The second kappa shape index (κ2) is 6.74. The average Bonchev–Trinajstić information content (AvgIpc) is 2.75. The van der Waals surface area contributed by atoms with Crippen molar-refractivity contribution in [3.8, 4) is 0 Å². The van der Waals surface area contributed by atoms with Gasteiger partial charge in [0, 0.05) is 18.3 Å². The zero-order valence-corrected chi connectivity index (χ0v) is 11.0. The summed E-state index contributed by atoms with van der Waals surface area (Å²) in [6.07, 6.45) is -1.88. The molecule has 0 saturated carbocycles. The number of amides is 1. The number of halogens is 3. The van der Waals surface area contributed by atoms with Crippen LogP contribution < -0.4 is 0 Å². The van der Waals surface area contributed by atoms with Crippen LogP contribution in [0.4, 0.5) is 8.78 Å². The number of nitrogens with zero attached hydrogens (tertiary/aromatic N) is 1. The standard InChI is InChI=1S/C11H14BrF2NO2/c1-2-8-3-4-9(17-8)11(16)15(6-5-12)7-10(13)14/h3-4,10H,2,5-7H2,1H3. The number of rotatable bonds is 6. The quantitative estimate of drug-likeness (QED) is 0.757. The summed E-state index contributed by atoms with van der Waals surface area (Å²) in [4.78, 5) is 13.0. The van der Waals surface area contributed by atoms with Crippen LogP contribution in [0, 0.1) is 0 Å². The Morgan fingerprint density at radius 1 is 1.53 bits per heavy atom. The molecule has 0 aromatic carbocycles. The molecule has 0 unspecified atom stereocenters. The summed E-state index contributed by atoms with van der Waals surface area (Å²) < 4.78 is 29.9. The van der Waals surface area contributed by atoms with E-state index in [1.807, 2.05) is 6.92 Å². The molecule has 0 aliphatic carbocycles. The second-order valence-electron chi connectivity index (χ2n) is 3.45. The summed E-state index contributed by atoms with van der Waals surface area (Å²) in [5.41, 5.74) is 0. The van der Waals surface area contributed by atoms with Crippen LogP contribution in [0.3, 0.4) is 0 Å². The van der Waals surface area contributed by atoms with Crippen LogP contribution in [-0.2, 0) is 6.42 Å². The first-order valence-corrected chi connectivity index (χ1v) is 6.42. The highest BCUT2D eigenvalue weighted by Crippen LogP contribution is 2.12. The minimum absolute atomic E-state index is 0.114. The Labute approximate surface area is 107 Å². The predicted octanol–water partition coefficient (Wildman–Crippen LogP) is 2.94. The van der Waals surface area contributed by atoms with Crippen molar-refractivity contribution in [1.29, 1.82) is 0 Å².